The van der Waals surface area contributed by atoms with Crippen molar-refractivity contribution < 1.29 is 4.74 Å². The van der Waals surface area contributed by atoms with Crippen LogP contribution in [0.4, 0.5) is 0 Å². The van der Waals surface area contributed by atoms with Crippen molar-refractivity contribution in [2.75, 3.05) is 19.7 Å². The smallest absolute Gasteiger partial charge is 0.0976 e. The molecule has 0 aromatic carbocycles. The highest BCUT2D eigenvalue weighted by Gasteiger charge is 2.22. The van der Waals surface area contributed by atoms with Gasteiger partial charge in [0, 0.05) is 13.2 Å². The number of likely N-dealkylation sites (N-methyl/N-ethyl adjacent to an activating group) is 1. The average Bonchev–Trinajstić information content (AvgIpc) is 2.70. The number of hydrogen-bond donors (Lipinski definition) is 0. The largest absolute Gasteiger partial charge is 0.377 e. The molecule has 0 aliphatic carbocycles. The molecular weight excluding hydrogens is 176 g/mol. The van der Waals surface area contributed by atoms with Crippen LogP contribution < -0.4 is 0 Å². The van der Waals surface area contributed by atoms with E-state index in [2.05, 4.69) is 24.8 Å². The van der Waals surface area contributed by atoms with Crippen LogP contribution in [-0.2, 0) is 4.74 Å². The van der Waals surface area contributed by atoms with E-state index in [1.54, 1.807) is 0 Å². The van der Waals surface area contributed by atoms with E-state index >= 15 is 0 Å². The van der Waals surface area contributed by atoms with Crippen molar-refractivity contribution in [2.45, 2.75) is 45.3 Å². The minimum atomic E-state index is 0.0594. The normalized spacial score (nSPS) is 23.7. The van der Waals surface area contributed by atoms with Crippen molar-refractivity contribution in [1.29, 1.82) is 5.26 Å². The molecule has 0 aromatic rings. The van der Waals surface area contributed by atoms with E-state index in [1.165, 1.54) is 6.42 Å². The predicted octanol–water partition coefficient (Wildman–Crippen LogP) is 1.79. The van der Waals surface area contributed by atoms with Crippen LogP contribution in [0.2, 0.25) is 0 Å². The van der Waals surface area contributed by atoms with Crippen LogP contribution >= 0.6 is 0 Å². The van der Waals surface area contributed by atoms with Crippen molar-refractivity contribution in [2.24, 2.45) is 0 Å². The lowest BCUT2D eigenvalue weighted by Gasteiger charge is -2.27. The van der Waals surface area contributed by atoms with Gasteiger partial charge in [0.25, 0.3) is 0 Å². The fourth-order valence-electron chi connectivity index (χ4n) is 1.96. The first kappa shape index (κ1) is 11.5. The number of nitriles is 1. The summed E-state index contributed by atoms with van der Waals surface area (Å²) in [5.74, 6) is 0. The van der Waals surface area contributed by atoms with E-state index in [0.717, 1.165) is 32.5 Å². The Morgan fingerprint density at radius 3 is 2.79 bits per heavy atom. The molecule has 1 saturated heterocycles. The molecule has 1 aliphatic heterocycles. The molecule has 1 rings (SSSR count). The molecule has 0 spiro atoms. The Kier molecular flexibility index (Phi) is 4.92. The highest BCUT2D eigenvalue weighted by atomic mass is 16.5. The van der Waals surface area contributed by atoms with Gasteiger partial charge < -0.3 is 4.74 Å². The maximum Gasteiger partial charge on any atom is 0.0976 e. The molecule has 0 amide bonds. The monoisotopic (exact) mass is 196 g/mol. The molecule has 80 valence electrons. The van der Waals surface area contributed by atoms with Crippen LogP contribution in [0.25, 0.3) is 0 Å². The van der Waals surface area contributed by atoms with E-state index in [9.17, 15) is 0 Å². The SMILES string of the molecule is CCC(C#N)N(CC)CC1CCCO1. The highest BCUT2D eigenvalue weighted by Crippen LogP contribution is 2.15. The van der Waals surface area contributed by atoms with Crippen LogP contribution in [-0.4, -0.2) is 36.7 Å². The number of hydrogen-bond acceptors (Lipinski definition) is 3. The molecule has 0 radical (unpaired) electrons. The van der Waals surface area contributed by atoms with Gasteiger partial charge in [-0.05, 0) is 25.8 Å². The molecule has 1 fully saturated rings. The van der Waals surface area contributed by atoms with E-state index in [4.69, 9.17) is 10.00 Å². The summed E-state index contributed by atoms with van der Waals surface area (Å²) in [6.45, 7) is 6.92. The van der Waals surface area contributed by atoms with Gasteiger partial charge in [0.2, 0.25) is 0 Å². The van der Waals surface area contributed by atoms with Gasteiger partial charge in [-0.25, -0.2) is 0 Å². The van der Waals surface area contributed by atoms with Crippen LogP contribution in [0, 0.1) is 11.3 Å². The Bertz CT molecular complexity index is 194. The van der Waals surface area contributed by atoms with Crippen molar-refractivity contribution >= 4 is 0 Å². The van der Waals surface area contributed by atoms with Gasteiger partial charge in [-0.3, -0.25) is 4.90 Å². The van der Waals surface area contributed by atoms with E-state index in [-0.39, 0.29) is 6.04 Å². The second-order valence-corrected chi connectivity index (χ2v) is 3.78. The van der Waals surface area contributed by atoms with E-state index in [0.29, 0.717) is 6.10 Å². The zero-order chi connectivity index (χ0) is 10.4. The summed E-state index contributed by atoms with van der Waals surface area (Å²) < 4.78 is 5.57. The zero-order valence-electron chi connectivity index (χ0n) is 9.20. The molecular formula is C11H20N2O. The quantitative estimate of drug-likeness (QED) is 0.672. The Morgan fingerprint density at radius 2 is 2.36 bits per heavy atom. The summed E-state index contributed by atoms with van der Waals surface area (Å²) in [7, 11) is 0. The fraction of sp³-hybridized carbons (Fsp3) is 0.909. The average molecular weight is 196 g/mol. The first-order valence-corrected chi connectivity index (χ1v) is 5.57. The lowest BCUT2D eigenvalue weighted by atomic mass is 10.1. The number of nitrogens with zero attached hydrogens (tertiary/aromatic N) is 2. The predicted molar refractivity (Wildman–Crippen MR) is 55.9 cm³/mol. The third-order valence-corrected chi connectivity index (χ3v) is 2.84. The van der Waals surface area contributed by atoms with Crippen molar-refractivity contribution in [3.05, 3.63) is 0 Å². The summed E-state index contributed by atoms with van der Waals surface area (Å²) in [6.07, 6.45) is 3.58. The summed E-state index contributed by atoms with van der Waals surface area (Å²) in [4.78, 5) is 2.22. The topological polar surface area (TPSA) is 36.3 Å². The van der Waals surface area contributed by atoms with Gasteiger partial charge in [-0.1, -0.05) is 13.8 Å². The summed E-state index contributed by atoms with van der Waals surface area (Å²) in [5, 5.41) is 8.97. The molecule has 2 unspecified atom stereocenters. The van der Waals surface area contributed by atoms with Crippen LogP contribution in [0.15, 0.2) is 0 Å². The van der Waals surface area contributed by atoms with Crippen LogP contribution in [0.3, 0.4) is 0 Å². The Balaban J connectivity index is 2.40. The summed E-state index contributed by atoms with van der Waals surface area (Å²) in [6, 6.07) is 2.41. The highest BCUT2D eigenvalue weighted by molar-refractivity contribution is 4.91. The minimum Gasteiger partial charge on any atom is -0.377 e. The van der Waals surface area contributed by atoms with Gasteiger partial charge in [-0.15, -0.1) is 0 Å². The maximum absolute atomic E-state index is 8.97. The first-order valence-electron chi connectivity index (χ1n) is 5.57. The van der Waals surface area contributed by atoms with Crippen molar-refractivity contribution in [3.8, 4) is 6.07 Å². The summed E-state index contributed by atoms with van der Waals surface area (Å²) >= 11 is 0. The zero-order valence-corrected chi connectivity index (χ0v) is 9.20. The molecule has 0 bridgehead atoms. The van der Waals surface area contributed by atoms with E-state index in [1.807, 2.05) is 0 Å². The lowest BCUT2D eigenvalue weighted by molar-refractivity contribution is 0.0666. The molecule has 1 heterocycles. The molecule has 1 aliphatic rings. The Morgan fingerprint density at radius 1 is 1.57 bits per heavy atom. The maximum atomic E-state index is 8.97. The standard InChI is InChI=1S/C11H20N2O/c1-3-10(8-12)13(4-2)9-11-6-5-7-14-11/h10-11H,3-7,9H2,1-2H3. The Labute approximate surface area is 86.6 Å². The van der Waals surface area contributed by atoms with Crippen molar-refractivity contribution in [1.82, 2.24) is 4.90 Å². The van der Waals surface area contributed by atoms with Gasteiger partial charge >= 0.3 is 0 Å². The third kappa shape index (κ3) is 2.97. The fourth-order valence-corrected chi connectivity index (χ4v) is 1.96. The molecule has 0 aromatic heterocycles. The van der Waals surface area contributed by atoms with Crippen LogP contribution in [0.1, 0.15) is 33.1 Å². The van der Waals surface area contributed by atoms with Crippen LogP contribution in [0.5, 0.6) is 0 Å². The second-order valence-electron chi connectivity index (χ2n) is 3.78. The number of ether oxygens (including phenoxy) is 1. The molecule has 0 N–H and O–H groups in total. The molecule has 2 atom stereocenters. The third-order valence-electron chi connectivity index (χ3n) is 2.84. The van der Waals surface area contributed by atoms with Crippen molar-refractivity contribution in [3.63, 3.8) is 0 Å². The van der Waals surface area contributed by atoms with Gasteiger partial charge in [0.1, 0.15) is 0 Å². The van der Waals surface area contributed by atoms with Gasteiger partial charge in [-0.2, -0.15) is 5.26 Å². The Hall–Kier alpha value is -0.590. The van der Waals surface area contributed by atoms with Gasteiger partial charge in [0.05, 0.1) is 18.2 Å². The van der Waals surface area contributed by atoms with Gasteiger partial charge in [0.15, 0.2) is 0 Å². The lowest BCUT2D eigenvalue weighted by Crippen LogP contribution is -2.39. The molecule has 3 heteroatoms. The van der Waals surface area contributed by atoms with E-state index < -0.39 is 0 Å². The summed E-state index contributed by atoms with van der Waals surface area (Å²) in [5.41, 5.74) is 0. The second kappa shape index (κ2) is 6.00. The minimum absolute atomic E-state index is 0.0594. The number of rotatable bonds is 5. The molecule has 3 nitrogen and oxygen atoms in total. The first-order chi connectivity index (χ1) is 6.81. The molecule has 0 saturated carbocycles. The molecule has 14 heavy (non-hydrogen) atoms.